The summed E-state index contributed by atoms with van der Waals surface area (Å²) in [4.78, 5) is 19.1. The summed E-state index contributed by atoms with van der Waals surface area (Å²) in [6.07, 6.45) is 6.02. The largest absolute Gasteiger partial charge is 0.497 e. The molecule has 136 valence electrons. The maximum Gasteiger partial charge on any atom is 0.246 e. The number of carbonyl (C=O) groups is 1. The number of nitrogens with zero attached hydrogens (tertiary/aromatic N) is 4. The highest BCUT2D eigenvalue weighted by molar-refractivity contribution is 5.90. The topological polar surface area (TPSA) is 124 Å². The molecule has 0 spiro atoms. The Balaban J connectivity index is 1.45. The number of methoxy groups -OCH3 is 1. The van der Waals surface area contributed by atoms with Gasteiger partial charge in [0.1, 0.15) is 12.3 Å². The minimum Gasteiger partial charge on any atom is -0.497 e. The van der Waals surface area contributed by atoms with Crippen molar-refractivity contribution in [2.75, 3.05) is 18.2 Å². The van der Waals surface area contributed by atoms with Crippen LogP contribution in [0.5, 0.6) is 5.75 Å². The van der Waals surface area contributed by atoms with Gasteiger partial charge in [-0.1, -0.05) is 5.21 Å². The number of benzene rings is 1. The zero-order valence-electron chi connectivity index (χ0n) is 14.5. The van der Waals surface area contributed by atoms with Crippen molar-refractivity contribution in [1.29, 1.82) is 0 Å². The molecule has 4 N–H and O–H groups in total. The summed E-state index contributed by atoms with van der Waals surface area (Å²) in [5.74, 6) is 0.994. The number of nitrogens with two attached hydrogens (primary N) is 1. The van der Waals surface area contributed by atoms with E-state index in [4.69, 9.17) is 10.5 Å². The highest BCUT2D eigenvalue weighted by Gasteiger charge is 2.07. The number of H-pyrrole nitrogens is 1. The zero-order valence-corrected chi connectivity index (χ0v) is 14.5. The van der Waals surface area contributed by atoms with Crippen molar-refractivity contribution in [3.8, 4) is 5.75 Å². The third-order valence-corrected chi connectivity index (χ3v) is 3.78. The Hall–Kier alpha value is -3.36. The summed E-state index contributed by atoms with van der Waals surface area (Å²) in [7, 11) is 1.60. The molecule has 0 aliphatic carbocycles. The van der Waals surface area contributed by atoms with Gasteiger partial charge in [-0.3, -0.25) is 4.79 Å². The molecule has 9 heteroatoms. The molecule has 0 aliphatic rings. The number of nitrogens with one attached hydrogen (secondary N) is 2. The number of aromatic amines is 1. The van der Waals surface area contributed by atoms with E-state index in [0.717, 1.165) is 36.4 Å². The molecule has 0 saturated carbocycles. The predicted octanol–water partition coefficient (Wildman–Crippen LogP) is 1.41. The van der Waals surface area contributed by atoms with Crippen molar-refractivity contribution in [3.63, 3.8) is 0 Å². The second-order valence-electron chi connectivity index (χ2n) is 5.81. The number of hydrogen-bond acceptors (Lipinski definition) is 6. The number of amides is 1. The fourth-order valence-electron chi connectivity index (χ4n) is 2.51. The number of aromatic nitrogens is 5. The van der Waals surface area contributed by atoms with Crippen molar-refractivity contribution in [2.24, 2.45) is 0 Å². The molecule has 0 fully saturated rings. The average Bonchev–Trinajstić information content (AvgIpc) is 3.24. The van der Waals surface area contributed by atoms with Gasteiger partial charge in [0.2, 0.25) is 5.91 Å². The molecule has 0 saturated heterocycles. The maximum absolute atomic E-state index is 12.1. The van der Waals surface area contributed by atoms with Crippen LogP contribution >= 0.6 is 0 Å². The third-order valence-electron chi connectivity index (χ3n) is 3.78. The van der Waals surface area contributed by atoms with Crippen molar-refractivity contribution >= 4 is 17.5 Å². The van der Waals surface area contributed by atoms with E-state index < -0.39 is 0 Å². The summed E-state index contributed by atoms with van der Waals surface area (Å²) in [6.45, 7) is 0.106. The molecule has 0 bridgehead atoms. The standard InChI is InChI=1S/C17H21N7O2/c1-26-15-7-5-12(6-8-15)20-16(25)11-24-10-14(22-23-24)4-2-3-13-9-19-17(18)21-13/h5-10H,2-4,11H2,1H3,(H,20,25)(H3,18,19,21). The second kappa shape index (κ2) is 8.15. The fourth-order valence-corrected chi connectivity index (χ4v) is 2.51. The Morgan fingerprint density at radius 1 is 1.27 bits per heavy atom. The van der Waals surface area contributed by atoms with E-state index in [-0.39, 0.29) is 12.5 Å². The van der Waals surface area contributed by atoms with Gasteiger partial charge in [0.25, 0.3) is 0 Å². The van der Waals surface area contributed by atoms with E-state index in [1.165, 1.54) is 4.68 Å². The first-order valence-electron chi connectivity index (χ1n) is 8.25. The minimum absolute atomic E-state index is 0.106. The van der Waals surface area contributed by atoms with E-state index >= 15 is 0 Å². The lowest BCUT2D eigenvalue weighted by molar-refractivity contribution is -0.116. The number of imidazole rings is 1. The summed E-state index contributed by atoms with van der Waals surface area (Å²) in [6, 6.07) is 7.14. The molecule has 0 radical (unpaired) electrons. The van der Waals surface area contributed by atoms with Crippen LogP contribution in [0.1, 0.15) is 17.8 Å². The first-order chi connectivity index (χ1) is 12.6. The van der Waals surface area contributed by atoms with E-state index in [9.17, 15) is 4.79 Å². The number of anilines is 2. The van der Waals surface area contributed by atoms with Crippen molar-refractivity contribution in [2.45, 2.75) is 25.8 Å². The Kier molecular flexibility index (Phi) is 5.47. The normalized spacial score (nSPS) is 10.7. The Bertz CT molecular complexity index is 854. The first-order valence-corrected chi connectivity index (χ1v) is 8.25. The minimum atomic E-state index is -0.168. The van der Waals surface area contributed by atoms with Crippen LogP contribution < -0.4 is 15.8 Å². The van der Waals surface area contributed by atoms with E-state index in [2.05, 4.69) is 25.6 Å². The molecule has 3 aromatic rings. The van der Waals surface area contributed by atoms with Gasteiger partial charge in [-0.25, -0.2) is 9.67 Å². The molecule has 1 amide bonds. The molecule has 2 aromatic heterocycles. The Morgan fingerprint density at radius 2 is 2.04 bits per heavy atom. The highest BCUT2D eigenvalue weighted by atomic mass is 16.5. The lowest BCUT2D eigenvalue weighted by Gasteiger charge is -2.06. The monoisotopic (exact) mass is 355 g/mol. The summed E-state index contributed by atoms with van der Waals surface area (Å²) >= 11 is 0. The molecular formula is C17H21N7O2. The molecule has 3 rings (SSSR count). The number of rotatable bonds is 8. The Labute approximate surface area is 150 Å². The SMILES string of the molecule is COc1ccc(NC(=O)Cn2cc(CCCc3c[nH]c(N)n3)nn2)cc1. The van der Waals surface area contributed by atoms with Crippen LogP contribution in [0.15, 0.2) is 36.7 Å². The molecule has 0 atom stereocenters. The number of hydrogen-bond donors (Lipinski definition) is 3. The van der Waals surface area contributed by atoms with Crippen LogP contribution in [0, 0.1) is 0 Å². The van der Waals surface area contributed by atoms with Gasteiger partial charge in [-0.15, -0.1) is 5.10 Å². The molecule has 26 heavy (non-hydrogen) atoms. The van der Waals surface area contributed by atoms with Gasteiger partial charge in [0, 0.05) is 18.1 Å². The van der Waals surface area contributed by atoms with Crippen molar-refractivity contribution in [1.82, 2.24) is 25.0 Å². The lowest BCUT2D eigenvalue weighted by atomic mass is 10.2. The van der Waals surface area contributed by atoms with Gasteiger partial charge >= 0.3 is 0 Å². The van der Waals surface area contributed by atoms with Crippen LogP contribution in [0.25, 0.3) is 0 Å². The lowest BCUT2D eigenvalue weighted by Crippen LogP contribution is -2.19. The van der Waals surface area contributed by atoms with Crippen LogP contribution in [0.3, 0.4) is 0 Å². The maximum atomic E-state index is 12.1. The van der Waals surface area contributed by atoms with Crippen molar-refractivity contribution < 1.29 is 9.53 Å². The first kappa shape index (κ1) is 17.5. The molecule has 1 aromatic carbocycles. The van der Waals surface area contributed by atoms with Crippen LogP contribution in [-0.4, -0.2) is 38.0 Å². The van der Waals surface area contributed by atoms with Gasteiger partial charge in [0.15, 0.2) is 5.95 Å². The zero-order chi connectivity index (χ0) is 18.4. The van der Waals surface area contributed by atoms with Crippen LogP contribution in [0.2, 0.25) is 0 Å². The second-order valence-corrected chi connectivity index (χ2v) is 5.81. The molecule has 0 aliphatic heterocycles. The van der Waals surface area contributed by atoms with E-state index in [0.29, 0.717) is 11.6 Å². The van der Waals surface area contributed by atoms with Crippen LogP contribution in [-0.2, 0) is 24.2 Å². The highest BCUT2D eigenvalue weighted by Crippen LogP contribution is 2.15. The summed E-state index contributed by atoms with van der Waals surface area (Å²) in [5, 5.41) is 10.9. The van der Waals surface area contributed by atoms with Gasteiger partial charge in [-0.2, -0.15) is 0 Å². The van der Waals surface area contributed by atoms with E-state index in [1.54, 1.807) is 43.8 Å². The van der Waals surface area contributed by atoms with Gasteiger partial charge in [-0.05, 0) is 43.5 Å². The van der Waals surface area contributed by atoms with E-state index in [1.807, 2.05) is 0 Å². The predicted molar refractivity (Wildman–Crippen MR) is 96.7 cm³/mol. The fraction of sp³-hybridized carbons (Fsp3) is 0.294. The number of aryl methyl sites for hydroxylation is 2. The molecule has 0 unspecified atom stereocenters. The summed E-state index contributed by atoms with van der Waals surface area (Å²) < 4.78 is 6.62. The van der Waals surface area contributed by atoms with Gasteiger partial charge in [0.05, 0.1) is 18.5 Å². The number of nitrogen functional groups attached to an aromatic ring is 1. The average molecular weight is 355 g/mol. The molecular weight excluding hydrogens is 334 g/mol. The molecule has 2 heterocycles. The summed E-state index contributed by atoms with van der Waals surface area (Å²) in [5.41, 5.74) is 8.01. The third kappa shape index (κ3) is 4.82. The number of carbonyl (C=O) groups excluding carboxylic acids is 1. The number of ether oxygens (including phenoxy) is 1. The van der Waals surface area contributed by atoms with Crippen molar-refractivity contribution in [3.05, 3.63) is 48.0 Å². The van der Waals surface area contributed by atoms with Gasteiger partial charge < -0.3 is 20.8 Å². The molecule has 9 nitrogen and oxygen atoms in total. The Morgan fingerprint density at radius 3 is 2.73 bits per heavy atom. The smallest absolute Gasteiger partial charge is 0.246 e. The quantitative estimate of drug-likeness (QED) is 0.561. The van der Waals surface area contributed by atoms with Crippen LogP contribution in [0.4, 0.5) is 11.6 Å².